The minimum Gasteiger partial charge on any atom is -0.478 e. The smallest absolute Gasteiger partial charge is 0.338 e. The first-order valence-electron chi connectivity index (χ1n) is 5.53. The lowest BCUT2D eigenvalue weighted by atomic mass is 10.3. The Balaban J connectivity index is 2.13. The van der Waals surface area contributed by atoms with E-state index in [0.29, 0.717) is 10.8 Å². The minimum atomic E-state index is -0.954. The van der Waals surface area contributed by atoms with Gasteiger partial charge in [-0.2, -0.15) is 0 Å². The van der Waals surface area contributed by atoms with Crippen LogP contribution in [0.4, 0.5) is 0 Å². The highest BCUT2D eigenvalue weighted by molar-refractivity contribution is 7.98. The van der Waals surface area contributed by atoms with Crippen molar-refractivity contribution in [2.24, 2.45) is 0 Å². The second-order valence-corrected chi connectivity index (χ2v) is 4.54. The monoisotopic (exact) mass is 263 g/mol. The highest BCUT2D eigenvalue weighted by Gasteiger charge is 2.12. The van der Waals surface area contributed by atoms with Crippen molar-refractivity contribution in [3.8, 4) is 0 Å². The van der Waals surface area contributed by atoms with E-state index < -0.39 is 5.97 Å². The summed E-state index contributed by atoms with van der Waals surface area (Å²) >= 11 is 1.39. The third-order valence-electron chi connectivity index (χ3n) is 2.48. The second-order valence-electron chi connectivity index (χ2n) is 3.58. The Kier molecular flexibility index (Phi) is 3.99. The SMILES string of the molecule is CCn1ccnc1CSc1ncccc1C(=O)O. The molecule has 0 unspecified atom stereocenters. The third kappa shape index (κ3) is 2.70. The van der Waals surface area contributed by atoms with Crippen molar-refractivity contribution >= 4 is 17.7 Å². The number of carboxylic acid groups (broad SMARTS) is 1. The number of aromatic nitrogens is 3. The Morgan fingerprint density at radius 3 is 3.00 bits per heavy atom. The van der Waals surface area contributed by atoms with Crippen LogP contribution in [0, 0.1) is 0 Å². The summed E-state index contributed by atoms with van der Waals surface area (Å²) in [6.07, 6.45) is 5.25. The lowest BCUT2D eigenvalue weighted by molar-refractivity contribution is 0.0692. The number of imidazole rings is 1. The minimum absolute atomic E-state index is 0.233. The lowest BCUT2D eigenvalue weighted by Gasteiger charge is -2.06. The van der Waals surface area contributed by atoms with Gasteiger partial charge >= 0.3 is 5.97 Å². The zero-order valence-electron chi connectivity index (χ0n) is 9.91. The summed E-state index contributed by atoms with van der Waals surface area (Å²) in [5.74, 6) is 0.576. The molecule has 0 aromatic carbocycles. The van der Waals surface area contributed by atoms with Crippen molar-refractivity contribution in [1.82, 2.24) is 14.5 Å². The van der Waals surface area contributed by atoms with Gasteiger partial charge in [0, 0.05) is 25.1 Å². The van der Waals surface area contributed by atoms with Crippen molar-refractivity contribution in [2.75, 3.05) is 0 Å². The van der Waals surface area contributed by atoms with E-state index in [9.17, 15) is 4.79 Å². The average Bonchev–Trinajstić information content (AvgIpc) is 2.84. The molecule has 2 aromatic rings. The molecule has 2 rings (SSSR count). The molecule has 0 aliphatic heterocycles. The van der Waals surface area contributed by atoms with Crippen LogP contribution in [-0.2, 0) is 12.3 Å². The summed E-state index contributed by atoms with van der Waals surface area (Å²) in [6, 6.07) is 3.18. The van der Waals surface area contributed by atoms with Crippen molar-refractivity contribution in [3.63, 3.8) is 0 Å². The van der Waals surface area contributed by atoms with Gasteiger partial charge in [0.05, 0.1) is 11.3 Å². The van der Waals surface area contributed by atoms with E-state index in [1.54, 1.807) is 24.5 Å². The molecule has 0 radical (unpaired) electrons. The molecule has 5 nitrogen and oxygen atoms in total. The molecule has 2 aromatic heterocycles. The van der Waals surface area contributed by atoms with Crippen LogP contribution in [0.1, 0.15) is 23.1 Å². The van der Waals surface area contributed by atoms with Crippen LogP contribution in [0.5, 0.6) is 0 Å². The Hall–Kier alpha value is -1.82. The highest BCUT2D eigenvalue weighted by Crippen LogP contribution is 2.23. The standard InChI is InChI=1S/C12H13N3O2S/c1-2-15-7-6-13-10(15)8-18-11-9(12(16)17)4-3-5-14-11/h3-7H,2,8H2,1H3,(H,16,17). The average molecular weight is 263 g/mol. The first-order valence-corrected chi connectivity index (χ1v) is 6.52. The van der Waals surface area contributed by atoms with Gasteiger partial charge in [-0.1, -0.05) is 11.8 Å². The van der Waals surface area contributed by atoms with Crippen molar-refractivity contribution in [2.45, 2.75) is 24.2 Å². The fourth-order valence-corrected chi connectivity index (χ4v) is 2.52. The number of thioether (sulfide) groups is 1. The first-order chi connectivity index (χ1) is 8.72. The van der Waals surface area contributed by atoms with E-state index in [1.165, 1.54) is 11.8 Å². The van der Waals surface area contributed by atoms with E-state index in [0.717, 1.165) is 12.4 Å². The second kappa shape index (κ2) is 5.68. The van der Waals surface area contributed by atoms with Gasteiger partial charge in [-0.15, -0.1) is 0 Å². The number of pyridine rings is 1. The fraction of sp³-hybridized carbons (Fsp3) is 0.250. The van der Waals surface area contributed by atoms with E-state index in [2.05, 4.69) is 9.97 Å². The zero-order valence-corrected chi connectivity index (χ0v) is 10.7. The van der Waals surface area contributed by atoms with Crippen molar-refractivity contribution < 1.29 is 9.90 Å². The maximum absolute atomic E-state index is 11.0. The summed E-state index contributed by atoms with van der Waals surface area (Å²) in [5.41, 5.74) is 0.233. The Labute approximate surface area is 109 Å². The number of carbonyl (C=O) groups is 1. The first kappa shape index (κ1) is 12.6. The highest BCUT2D eigenvalue weighted by atomic mass is 32.2. The molecule has 0 spiro atoms. The molecule has 0 saturated heterocycles. The summed E-state index contributed by atoms with van der Waals surface area (Å²) < 4.78 is 2.02. The molecule has 18 heavy (non-hydrogen) atoms. The normalized spacial score (nSPS) is 10.5. The molecule has 0 fully saturated rings. The van der Waals surface area contributed by atoms with Crippen LogP contribution >= 0.6 is 11.8 Å². The number of aryl methyl sites for hydroxylation is 1. The molecule has 0 atom stereocenters. The number of hydrogen-bond acceptors (Lipinski definition) is 4. The molecule has 0 aliphatic rings. The Morgan fingerprint density at radius 2 is 2.28 bits per heavy atom. The van der Waals surface area contributed by atoms with E-state index >= 15 is 0 Å². The zero-order chi connectivity index (χ0) is 13.0. The topological polar surface area (TPSA) is 68.0 Å². The predicted molar refractivity (Wildman–Crippen MR) is 68.7 cm³/mol. The van der Waals surface area contributed by atoms with Crippen molar-refractivity contribution in [1.29, 1.82) is 0 Å². The molecule has 0 amide bonds. The molecular weight excluding hydrogens is 250 g/mol. The Bertz CT molecular complexity index is 554. The van der Waals surface area contributed by atoms with Crippen LogP contribution in [-0.4, -0.2) is 25.6 Å². The van der Waals surface area contributed by atoms with Crippen LogP contribution in [0.2, 0.25) is 0 Å². The van der Waals surface area contributed by atoms with Crippen LogP contribution in [0.25, 0.3) is 0 Å². The Morgan fingerprint density at radius 1 is 1.44 bits per heavy atom. The van der Waals surface area contributed by atoms with Crippen LogP contribution in [0.3, 0.4) is 0 Å². The van der Waals surface area contributed by atoms with Crippen LogP contribution < -0.4 is 0 Å². The number of hydrogen-bond donors (Lipinski definition) is 1. The quantitative estimate of drug-likeness (QED) is 0.838. The third-order valence-corrected chi connectivity index (χ3v) is 3.48. The molecule has 0 bridgehead atoms. The summed E-state index contributed by atoms with van der Waals surface area (Å²) in [6.45, 7) is 2.89. The van der Waals surface area contributed by atoms with Gasteiger partial charge in [0.15, 0.2) is 0 Å². The van der Waals surface area contributed by atoms with Gasteiger partial charge < -0.3 is 9.67 Å². The van der Waals surface area contributed by atoms with Gasteiger partial charge in [0.2, 0.25) is 0 Å². The molecule has 1 N–H and O–H groups in total. The van der Waals surface area contributed by atoms with E-state index in [-0.39, 0.29) is 5.56 Å². The predicted octanol–water partition coefficient (Wildman–Crippen LogP) is 2.29. The van der Waals surface area contributed by atoms with E-state index in [1.807, 2.05) is 17.7 Å². The lowest BCUT2D eigenvalue weighted by Crippen LogP contribution is -2.02. The maximum atomic E-state index is 11.0. The van der Waals surface area contributed by atoms with Crippen molar-refractivity contribution in [3.05, 3.63) is 42.1 Å². The van der Waals surface area contributed by atoms with Gasteiger partial charge in [-0.3, -0.25) is 0 Å². The number of carboxylic acids is 1. The largest absolute Gasteiger partial charge is 0.478 e. The molecular formula is C12H13N3O2S. The van der Waals surface area contributed by atoms with E-state index in [4.69, 9.17) is 5.11 Å². The van der Waals surface area contributed by atoms with Gasteiger partial charge in [0.25, 0.3) is 0 Å². The number of aromatic carboxylic acids is 1. The molecule has 0 aliphatic carbocycles. The van der Waals surface area contributed by atoms with Gasteiger partial charge in [-0.05, 0) is 19.1 Å². The summed E-state index contributed by atoms with van der Waals surface area (Å²) in [5, 5.41) is 9.57. The molecule has 2 heterocycles. The number of nitrogens with zero attached hydrogens (tertiary/aromatic N) is 3. The van der Waals surface area contributed by atoms with Gasteiger partial charge in [-0.25, -0.2) is 14.8 Å². The van der Waals surface area contributed by atoms with Gasteiger partial charge in [0.1, 0.15) is 10.9 Å². The molecule has 0 saturated carbocycles. The van der Waals surface area contributed by atoms with Crippen LogP contribution in [0.15, 0.2) is 35.7 Å². The molecule has 6 heteroatoms. The fourth-order valence-electron chi connectivity index (χ4n) is 1.57. The number of rotatable bonds is 5. The summed E-state index contributed by atoms with van der Waals surface area (Å²) in [7, 11) is 0. The maximum Gasteiger partial charge on any atom is 0.338 e. The summed E-state index contributed by atoms with van der Waals surface area (Å²) in [4.78, 5) is 19.4. The molecule has 94 valence electrons.